The molecular weight excluding hydrogens is 216 g/mol. The van der Waals surface area contributed by atoms with Crippen LogP contribution in [0.25, 0.3) is 5.57 Å². The molecule has 3 nitrogen and oxygen atoms in total. The Morgan fingerprint density at radius 3 is 2.94 bits per heavy atom. The molecule has 0 amide bonds. The molecule has 0 aromatic heterocycles. The maximum atomic E-state index is 11.4. The van der Waals surface area contributed by atoms with Crippen LogP contribution in [0.4, 0.5) is 0 Å². The number of hydrogen-bond donors (Lipinski definition) is 0. The first-order chi connectivity index (χ1) is 8.24. The summed E-state index contributed by atoms with van der Waals surface area (Å²) in [5.74, 6) is 0.554. The number of methoxy groups -OCH3 is 1. The van der Waals surface area contributed by atoms with Crippen LogP contribution < -0.4 is 4.74 Å². The molecule has 0 unspecified atom stereocenters. The van der Waals surface area contributed by atoms with E-state index in [-0.39, 0.29) is 5.97 Å². The number of benzene rings is 1. The number of rotatable bonds is 3. The highest BCUT2D eigenvalue weighted by atomic mass is 16.5. The molecule has 0 spiro atoms. The van der Waals surface area contributed by atoms with E-state index in [2.05, 4.69) is 6.07 Å². The smallest absolute Gasteiger partial charge is 0.331 e. The normalized spacial score (nSPS) is 15.8. The van der Waals surface area contributed by atoms with E-state index in [9.17, 15) is 4.79 Å². The van der Waals surface area contributed by atoms with Gasteiger partial charge in [0.25, 0.3) is 0 Å². The van der Waals surface area contributed by atoms with Crippen molar-refractivity contribution < 1.29 is 14.3 Å². The molecule has 0 bridgehead atoms. The van der Waals surface area contributed by atoms with Crippen LogP contribution in [0.15, 0.2) is 24.3 Å². The van der Waals surface area contributed by atoms with Crippen molar-refractivity contribution >= 4 is 11.5 Å². The number of carbonyl (C=O) groups excluding carboxylic acids is 1. The van der Waals surface area contributed by atoms with Gasteiger partial charge in [0.15, 0.2) is 0 Å². The highest BCUT2D eigenvalue weighted by molar-refractivity contribution is 5.93. The van der Waals surface area contributed by atoms with E-state index in [4.69, 9.17) is 9.47 Å². The Bertz CT molecular complexity index is 461. The third-order valence-corrected chi connectivity index (χ3v) is 2.91. The molecule has 0 radical (unpaired) electrons. The Labute approximate surface area is 101 Å². The number of ether oxygens (including phenoxy) is 2. The third kappa shape index (κ3) is 2.49. The van der Waals surface area contributed by atoms with Gasteiger partial charge < -0.3 is 9.47 Å². The second-order valence-corrected chi connectivity index (χ2v) is 3.94. The van der Waals surface area contributed by atoms with E-state index in [1.807, 2.05) is 19.1 Å². The molecule has 1 aliphatic rings. The van der Waals surface area contributed by atoms with Crippen molar-refractivity contribution in [1.29, 1.82) is 0 Å². The van der Waals surface area contributed by atoms with Crippen LogP contribution in [0.1, 0.15) is 24.5 Å². The van der Waals surface area contributed by atoms with Gasteiger partial charge in [-0.25, -0.2) is 4.79 Å². The van der Waals surface area contributed by atoms with Crippen LogP contribution in [-0.4, -0.2) is 19.7 Å². The summed E-state index contributed by atoms with van der Waals surface area (Å²) in [7, 11) is 1.64. The van der Waals surface area contributed by atoms with E-state index in [0.29, 0.717) is 6.61 Å². The lowest BCUT2D eigenvalue weighted by Gasteiger charge is -2.05. The van der Waals surface area contributed by atoms with Gasteiger partial charge in [-0.2, -0.15) is 0 Å². The van der Waals surface area contributed by atoms with Gasteiger partial charge in [0.1, 0.15) is 5.75 Å². The molecule has 0 N–H and O–H groups in total. The molecule has 17 heavy (non-hydrogen) atoms. The maximum absolute atomic E-state index is 11.4. The van der Waals surface area contributed by atoms with Crippen molar-refractivity contribution in [2.24, 2.45) is 0 Å². The van der Waals surface area contributed by atoms with Gasteiger partial charge in [0.05, 0.1) is 13.7 Å². The van der Waals surface area contributed by atoms with Gasteiger partial charge in [0, 0.05) is 6.08 Å². The van der Waals surface area contributed by atoms with Crippen molar-refractivity contribution in [2.45, 2.75) is 19.8 Å². The van der Waals surface area contributed by atoms with E-state index < -0.39 is 0 Å². The van der Waals surface area contributed by atoms with Crippen molar-refractivity contribution in [3.05, 3.63) is 35.4 Å². The van der Waals surface area contributed by atoms with Gasteiger partial charge in [-0.15, -0.1) is 0 Å². The fourth-order valence-electron chi connectivity index (χ4n) is 2.08. The van der Waals surface area contributed by atoms with Crippen molar-refractivity contribution in [1.82, 2.24) is 0 Å². The molecular formula is C14H16O3. The predicted molar refractivity (Wildman–Crippen MR) is 65.9 cm³/mol. The van der Waals surface area contributed by atoms with Gasteiger partial charge in [-0.05, 0) is 48.6 Å². The molecule has 0 fully saturated rings. The van der Waals surface area contributed by atoms with Crippen LogP contribution >= 0.6 is 0 Å². The zero-order valence-electron chi connectivity index (χ0n) is 10.2. The number of allylic oxidation sites excluding steroid dienone is 1. The number of esters is 1. The summed E-state index contributed by atoms with van der Waals surface area (Å²) in [6, 6.07) is 5.99. The molecule has 1 aromatic carbocycles. The molecule has 2 rings (SSSR count). The SMILES string of the molecule is CCOC(=O)/C=C1\CCc2ccc(OC)cc21. The lowest BCUT2D eigenvalue weighted by atomic mass is 10.1. The molecule has 0 heterocycles. The molecule has 90 valence electrons. The largest absolute Gasteiger partial charge is 0.497 e. The fourth-order valence-corrected chi connectivity index (χ4v) is 2.08. The van der Waals surface area contributed by atoms with Crippen LogP contribution in [-0.2, 0) is 16.0 Å². The molecule has 1 aromatic rings. The van der Waals surface area contributed by atoms with E-state index in [1.54, 1.807) is 13.2 Å². The summed E-state index contributed by atoms with van der Waals surface area (Å²) in [6.45, 7) is 2.22. The highest BCUT2D eigenvalue weighted by Gasteiger charge is 2.18. The highest BCUT2D eigenvalue weighted by Crippen LogP contribution is 2.34. The number of hydrogen-bond acceptors (Lipinski definition) is 3. The van der Waals surface area contributed by atoms with Crippen molar-refractivity contribution in [2.75, 3.05) is 13.7 Å². The maximum Gasteiger partial charge on any atom is 0.331 e. The first kappa shape index (κ1) is 11.7. The summed E-state index contributed by atoms with van der Waals surface area (Å²) in [6.07, 6.45) is 3.46. The molecule has 0 saturated heterocycles. The lowest BCUT2D eigenvalue weighted by molar-refractivity contribution is -0.137. The van der Waals surface area contributed by atoms with Gasteiger partial charge in [-0.3, -0.25) is 0 Å². The van der Waals surface area contributed by atoms with Crippen LogP contribution in [0.2, 0.25) is 0 Å². The van der Waals surface area contributed by atoms with E-state index in [0.717, 1.165) is 29.7 Å². The Hall–Kier alpha value is -1.77. The Morgan fingerprint density at radius 2 is 2.24 bits per heavy atom. The fraction of sp³-hybridized carbons (Fsp3) is 0.357. The second-order valence-electron chi connectivity index (χ2n) is 3.94. The molecule has 0 atom stereocenters. The number of carbonyl (C=O) groups is 1. The summed E-state index contributed by atoms with van der Waals surface area (Å²) >= 11 is 0. The molecule has 1 aliphatic carbocycles. The summed E-state index contributed by atoms with van der Waals surface area (Å²) in [4.78, 5) is 11.4. The summed E-state index contributed by atoms with van der Waals surface area (Å²) in [5, 5.41) is 0. The van der Waals surface area contributed by atoms with Gasteiger partial charge in [-0.1, -0.05) is 6.07 Å². The van der Waals surface area contributed by atoms with E-state index in [1.165, 1.54) is 5.56 Å². The minimum absolute atomic E-state index is 0.266. The average Bonchev–Trinajstić information content (AvgIpc) is 2.72. The number of aryl methyl sites for hydroxylation is 1. The van der Waals surface area contributed by atoms with Crippen molar-refractivity contribution in [3.8, 4) is 5.75 Å². The minimum atomic E-state index is -0.266. The Morgan fingerprint density at radius 1 is 1.41 bits per heavy atom. The monoisotopic (exact) mass is 232 g/mol. The Kier molecular flexibility index (Phi) is 3.47. The lowest BCUT2D eigenvalue weighted by Crippen LogP contribution is -2.00. The number of fused-ring (bicyclic) bond motifs is 1. The molecule has 0 aliphatic heterocycles. The third-order valence-electron chi connectivity index (χ3n) is 2.91. The quantitative estimate of drug-likeness (QED) is 0.593. The zero-order chi connectivity index (χ0) is 12.3. The van der Waals surface area contributed by atoms with Gasteiger partial charge in [0.2, 0.25) is 0 Å². The first-order valence-corrected chi connectivity index (χ1v) is 5.79. The van der Waals surface area contributed by atoms with Crippen LogP contribution in [0.5, 0.6) is 5.75 Å². The summed E-state index contributed by atoms with van der Waals surface area (Å²) < 4.78 is 10.1. The van der Waals surface area contributed by atoms with Crippen LogP contribution in [0.3, 0.4) is 0 Å². The average molecular weight is 232 g/mol. The van der Waals surface area contributed by atoms with Gasteiger partial charge >= 0.3 is 5.97 Å². The summed E-state index contributed by atoms with van der Waals surface area (Å²) in [5.41, 5.74) is 3.41. The van der Waals surface area contributed by atoms with E-state index >= 15 is 0 Å². The standard InChI is InChI=1S/C14H16O3/c1-3-17-14(15)8-11-5-4-10-6-7-12(16-2)9-13(10)11/h6-9H,3-5H2,1-2H3/b11-8+. The second kappa shape index (κ2) is 5.04. The minimum Gasteiger partial charge on any atom is -0.497 e. The molecule has 0 saturated carbocycles. The predicted octanol–water partition coefficient (Wildman–Crippen LogP) is 2.59. The van der Waals surface area contributed by atoms with Crippen molar-refractivity contribution in [3.63, 3.8) is 0 Å². The first-order valence-electron chi connectivity index (χ1n) is 5.79. The topological polar surface area (TPSA) is 35.5 Å². The molecule has 3 heteroatoms. The van der Waals surface area contributed by atoms with Crippen LogP contribution in [0, 0.1) is 0 Å². The zero-order valence-corrected chi connectivity index (χ0v) is 10.2. The Balaban J connectivity index is 2.29.